The zero-order valence-corrected chi connectivity index (χ0v) is 10.1. The number of nitrogens with zero attached hydrogens (tertiary/aromatic N) is 2. The lowest BCUT2D eigenvalue weighted by molar-refractivity contribution is 0.184. The largest absolute Gasteiger partial charge is 0.394 e. The monoisotopic (exact) mass is 239 g/mol. The van der Waals surface area contributed by atoms with Crippen molar-refractivity contribution in [3.05, 3.63) is 18.0 Å². The highest BCUT2D eigenvalue weighted by molar-refractivity contribution is 5.03. The summed E-state index contributed by atoms with van der Waals surface area (Å²) in [4.78, 5) is 0. The topological polar surface area (TPSA) is 59.3 Å². The van der Waals surface area contributed by atoms with Gasteiger partial charge in [-0.05, 0) is 25.3 Å². The molecule has 1 aromatic rings. The predicted octanol–water partition coefficient (Wildman–Crippen LogP) is 0.392. The third-order valence-electron chi connectivity index (χ3n) is 3.10. The fourth-order valence-electron chi connectivity index (χ4n) is 2.07. The van der Waals surface area contributed by atoms with E-state index in [9.17, 15) is 0 Å². The van der Waals surface area contributed by atoms with Crippen molar-refractivity contribution in [2.24, 2.45) is 5.92 Å². The lowest BCUT2D eigenvalue weighted by atomic mass is 10.1. The third-order valence-corrected chi connectivity index (χ3v) is 3.10. The molecule has 0 aromatic carbocycles. The zero-order valence-electron chi connectivity index (χ0n) is 10.1. The van der Waals surface area contributed by atoms with Gasteiger partial charge < -0.3 is 15.2 Å². The highest BCUT2D eigenvalue weighted by Gasteiger charge is 2.14. The van der Waals surface area contributed by atoms with Gasteiger partial charge in [-0.25, -0.2) is 0 Å². The van der Waals surface area contributed by atoms with E-state index in [0.717, 1.165) is 32.2 Å². The molecule has 2 heterocycles. The Balaban J connectivity index is 1.60. The van der Waals surface area contributed by atoms with Gasteiger partial charge in [-0.15, -0.1) is 0 Å². The number of hydrogen-bond acceptors (Lipinski definition) is 4. The first kappa shape index (κ1) is 12.5. The van der Waals surface area contributed by atoms with Crippen LogP contribution in [0.15, 0.2) is 12.4 Å². The quantitative estimate of drug-likeness (QED) is 0.676. The molecular formula is C12H21N3O2. The Labute approximate surface area is 102 Å². The summed E-state index contributed by atoms with van der Waals surface area (Å²) in [6, 6.07) is 0. The van der Waals surface area contributed by atoms with Crippen molar-refractivity contribution in [2.45, 2.75) is 25.9 Å². The molecule has 1 aromatic heterocycles. The maximum absolute atomic E-state index is 8.78. The molecule has 1 unspecified atom stereocenters. The zero-order chi connectivity index (χ0) is 11.9. The molecule has 1 aliphatic heterocycles. The maximum Gasteiger partial charge on any atom is 0.0640 e. The van der Waals surface area contributed by atoms with E-state index in [1.165, 1.54) is 18.4 Å². The number of aliphatic hydroxyl groups excluding tert-OH is 1. The van der Waals surface area contributed by atoms with Crippen molar-refractivity contribution >= 4 is 0 Å². The Bertz CT molecular complexity index is 321. The SMILES string of the molecule is OCCn1cc(CNCCC2CCOC2)cn1. The Morgan fingerprint density at radius 3 is 3.29 bits per heavy atom. The molecule has 0 bridgehead atoms. The fourth-order valence-corrected chi connectivity index (χ4v) is 2.07. The molecule has 0 amide bonds. The molecule has 2 N–H and O–H groups in total. The lowest BCUT2D eigenvalue weighted by Crippen LogP contribution is -2.17. The van der Waals surface area contributed by atoms with Gasteiger partial charge in [-0.2, -0.15) is 5.10 Å². The van der Waals surface area contributed by atoms with Gasteiger partial charge in [-0.1, -0.05) is 0 Å². The number of aliphatic hydroxyl groups is 1. The summed E-state index contributed by atoms with van der Waals surface area (Å²) < 4.78 is 7.10. The van der Waals surface area contributed by atoms with E-state index < -0.39 is 0 Å². The van der Waals surface area contributed by atoms with Gasteiger partial charge in [0.2, 0.25) is 0 Å². The van der Waals surface area contributed by atoms with Gasteiger partial charge in [0.15, 0.2) is 0 Å². The smallest absolute Gasteiger partial charge is 0.0640 e. The Morgan fingerprint density at radius 2 is 2.53 bits per heavy atom. The van der Waals surface area contributed by atoms with E-state index >= 15 is 0 Å². The van der Waals surface area contributed by atoms with Crippen molar-refractivity contribution in [1.29, 1.82) is 0 Å². The van der Waals surface area contributed by atoms with Crippen LogP contribution in [0.4, 0.5) is 0 Å². The number of ether oxygens (including phenoxy) is 1. The lowest BCUT2D eigenvalue weighted by Gasteiger charge is -2.07. The van der Waals surface area contributed by atoms with Crippen LogP contribution < -0.4 is 5.32 Å². The molecular weight excluding hydrogens is 218 g/mol. The first-order valence-electron chi connectivity index (χ1n) is 6.29. The molecule has 0 saturated carbocycles. The Kier molecular flexibility index (Phi) is 4.97. The first-order chi connectivity index (χ1) is 8.38. The summed E-state index contributed by atoms with van der Waals surface area (Å²) in [5.74, 6) is 0.736. The maximum atomic E-state index is 8.78. The second-order valence-corrected chi connectivity index (χ2v) is 4.53. The minimum atomic E-state index is 0.135. The summed E-state index contributed by atoms with van der Waals surface area (Å²) in [5, 5.41) is 16.3. The number of rotatable bonds is 7. The Morgan fingerprint density at radius 1 is 1.59 bits per heavy atom. The molecule has 1 saturated heterocycles. The molecule has 96 valence electrons. The van der Waals surface area contributed by atoms with Crippen molar-refractivity contribution in [1.82, 2.24) is 15.1 Å². The molecule has 0 spiro atoms. The minimum Gasteiger partial charge on any atom is -0.394 e. The van der Waals surface area contributed by atoms with Gasteiger partial charge in [0.1, 0.15) is 0 Å². The summed E-state index contributed by atoms with van der Waals surface area (Å²) in [6.07, 6.45) is 6.21. The molecule has 2 rings (SSSR count). The molecule has 5 nitrogen and oxygen atoms in total. The predicted molar refractivity (Wildman–Crippen MR) is 64.6 cm³/mol. The van der Waals surface area contributed by atoms with Crippen LogP contribution in [0.5, 0.6) is 0 Å². The van der Waals surface area contributed by atoms with E-state index in [0.29, 0.717) is 6.54 Å². The normalized spacial score (nSPS) is 19.9. The van der Waals surface area contributed by atoms with Crippen molar-refractivity contribution in [2.75, 3.05) is 26.4 Å². The first-order valence-corrected chi connectivity index (χ1v) is 6.29. The van der Waals surface area contributed by atoms with Crippen molar-refractivity contribution < 1.29 is 9.84 Å². The molecule has 1 atom stereocenters. The van der Waals surface area contributed by atoms with Crippen LogP contribution in [0, 0.1) is 5.92 Å². The standard InChI is InChI=1S/C12H21N3O2/c16-5-4-15-9-12(8-14-15)7-13-3-1-11-2-6-17-10-11/h8-9,11,13,16H,1-7,10H2. The van der Waals surface area contributed by atoms with Crippen molar-refractivity contribution in [3.63, 3.8) is 0 Å². The van der Waals surface area contributed by atoms with Gasteiger partial charge in [0, 0.05) is 31.5 Å². The highest BCUT2D eigenvalue weighted by atomic mass is 16.5. The second-order valence-electron chi connectivity index (χ2n) is 4.53. The van der Waals surface area contributed by atoms with E-state index in [4.69, 9.17) is 9.84 Å². The van der Waals surface area contributed by atoms with Gasteiger partial charge >= 0.3 is 0 Å². The van der Waals surface area contributed by atoms with Crippen LogP contribution in [0.25, 0.3) is 0 Å². The van der Waals surface area contributed by atoms with Crippen LogP contribution in [-0.2, 0) is 17.8 Å². The summed E-state index contributed by atoms with van der Waals surface area (Å²) >= 11 is 0. The number of aromatic nitrogens is 2. The van der Waals surface area contributed by atoms with Crippen LogP contribution in [-0.4, -0.2) is 41.3 Å². The van der Waals surface area contributed by atoms with E-state index in [2.05, 4.69) is 10.4 Å². The number of hydrogen-bond donors (Lipinski definition) is 2. The molecule has 0 aliphatic carbocycles. The van der Waals surface area contributed by atoms with E-state index in [-0.39, 0.29) is 6.61 Å². The van der Waals surface area contributed by atoms with Crippen molar-refractivity contribution in [3.8, 4) is 0 Å². The summed E-state index contributed by atoms with van der Waals surface area (Å²) in [5.41, 5.74) is 1.17. The van der Waals surface area contributed by atoms with Gasteiger partial charge in [-0.3, -0.25) is 4.68 Å². The van der Waals surface area contributed by atoms with Crippen LogP contribution in [0.3, 0.4) is 0 Å². The molecule has 1 aliphatic rings. The molecule has 5 heteroatoms. The molecule has 0 radical (unpaired) electrons. The summed E-state index contributed by atoms with van der Waals surface area (Å²) in [6.45, 7) is 4.43. The fraction of sp³-hybridized carbons (Fsp3) is 0.750. The average Bonchev–Trinajstić information content (AvgIpc) is 2.96. The molecule has 17 heavy (non-hydrogen) atoms. The van der Waals surface area contributed by atoms with E-state index in [1.54, 1.807) is 4.68 Å². The summed E-state index contributed by atoms with van der Waals surface area (Å²) in [7, 11) is 0. The third kappa shape index (κ3) is 4.11. The second kappa shape index (κ2) is 6.74. The molecule has 1 fully saturated rings. The van der Waals surface area contributed by atoms with Crippen LogP contribution in [0.1, 0.15) is 18.4 Å². The van der Waals surface area contributed by atoms with Crippen LogP contribution >= 0.6 is 0 Å². The highest BCUT2D eigenvalue weighted by Crippen LogP contribution is 2.15. The van der Waals surface area contributed by atoms with Gasteiger partial charge in [0.05, 0.1) is 19.3 Å². The minimum absolute atomic E-state index is 0.135. The van der Waals surface area contributed by atoms with Gasteiger partial charge in [0.25, 0.3) is 0 Å². The van der Waals surface area contributed by atoms with E-state index in [1.807, 2.05) is 12.4 Å². The number of nitrogens with one attached hydrogen (secondary N) is 1. The average molecular weight is 239 g/mol. The van der Waals surface area contributed by atoms with Crippen LogP contribution in [0.2, 0.25) is 0 Å². The Hall–Kier alpha value is -0.910.